The van der Waals surface area contributed by atoms with Crippen LogP contribution in [0.5, 0.6) is 0 Å². The number of benzene rings is 1. The minimum absolute atomic E-state index is 0.172. The molecule has 1 aromatic carbocycles. The van der Waals surface area contributed by atoms with E-state index in [0.717, 1.165) is 11.8 Å². The summed E-state index contributed by atoms with van der Waals surface area (Å²) >= 11 is 0. The number of hydrogen-bond acceptors (Lipinski definition) is 3. The lowest BCUT2D eigenvalue weighted by molar-refractivity contribution is -0.133. The largest absolute Gasteiger partial charge is 0.515 e. The summed E-state index contributed by atoms with van der Waals surface area (Å²) in [6.07, 6.45) is 0.772. The van der Waals surface area contributed by atoms with E-state index in [-0.39, 0.29) is 5.57 Å². The molecule has 0 heterocycles. The fraction of sp³-hybridized carbons (Fsp3) is 0.182. The van der Waals surface area contributed by atoms with Crippen LogP contribution in [0.2, 0.25) is 0 Å². The van der Waals surface area contributed by atoms with E-state index in [0.29, 0.717) is 5.56 Å². The molecular weight excluding hydrogens is 180 g/mol. The van der Waals surface area contributed by atoms with Crippen LogP contribution in [0.25, 0.3) is 5.57 Å². The van der Waals surface area contributed by atoms with Gasteiger partial charge in [0.2, 0.25) is 0 Å². The first-order chi connectivity index (χ1) is 6.70. The summed E-state index contributed by atoms with van der Waals surface area (Å²) in [6.45, 7) is 1.86. The van der Waals surface area contributed by atoms with Crippen molar-refractivity contribution in [1.82, 2.24) is 0 Å². The zero-order chi connectivity index (χ0) is 10.6. The van der Waals surface area contributed by atoms with Crippen molar-refractivity contribution >= 4 is 11.5 Å². The van der Waals surface area contributed by atoms with Crippen molar-refractivity contribution in [3.05, 3.63) is 41.7 Å². The average molecular weight is 192 g/mol. The molecule has 1 aromatic rings. The zero-order valence-electron chi connectivity index (χ0n) is 8.15. The molecule has 0 saturated heterocycles. The number of esters is 1. The second-order valence-corrected chi connectivity index (χ2v) is 2.85. The van der Waals surface area contributed by atoms with E-state index >= 15 is 0 Å². The molecule has 0 bridgehead atoms. The Morgan fingerprint density at radius 3 is 2.57 bits per heavy atom. The maximum absolute atomic E-state index is 11.2. The monoisotopic (exact) mass is 192 g/mol. The number of hydrogen-bond donors (Lipinski definition) is 1. The van der Waals surface area contributed by atoms with Crippen LogP contribution < -0.4 is 0 Å². The van der Waals surface area contributed by atoms with Gasteiger partial charge in [0.05, 0.1) is 13.4 Å². The van der Waals surface area contributed by atoms with E-state index < -0.39 is 5.97 Å². The number of rotatable bonds is 2. The lowest BCUT2D eigenvalue weighted by Gasteiger charge is -2.06. The van der Waals surface area contributed by atoms with Crippen molar-refractivity contribution in [1.29, 1.82) is 0 Å². The van der Waals surface area contributed by atoms with Crippen molar-refractivity contribution in [2.45, 2.75) is 6.92 Å². The van der Waals surface area contributed by atoms with Crippen LogP contribution in [0.4, 0.5) is 0 Å². The molecule has 0 spiro atoms. The van der Waals surface area contributed by atoms with Gasteiger partial charge >= 0.3 is 5.97 Å². The fourth-order valence-corrected chi connectivity index (χ4v) is 1.22. The number of aliphatic hydroxyl groups is 1. The van der Waals surface area contributed by atoms with Gasteiger partial charge in [-0.25, -0.2) is 4.79 Å². The average Bonchev–Trinajstić information content (AvgIpc) is 2.21. The van der Waals surface area contributed by atoms with E-state index in [2.05, 4.69) is 4.74 Å². The SMILES string of the molecule is COC(=O)/C(=C\O)c1ccccc1C. The molecule has 0 aliphatic rings. The predicted octanol–water partition coefficient (Wildman–Crippen LogP) is 2.07. The number of carbonyl (C=O) groups is 1. The minimum atomic E-state index is -0.540. The van der Waals surface area contributed by atoms with Crippen molar-refractivity contribution in [2.75, 3.05) is 7.11 Å². The minimum Gasteiger partial charge on any atom is -0.515 e. The first-order valence-corrected chi connectivity index (χ1v) is 4.19. The highest BCUT2D eigenvalue weighted by Crippen LogP contribution is 2.18. The van der Waals surface area contributed by atoms with Crippen LogP contribution in [0, 0.1) is 6.92 Å². The van der Waals surface area contributed by atoms with Gasteiger partial charge in [-0.15, -0.1) is 0 Å². The van der Waals surface area contributed by atoms with E-state index in [4.69, 9.17) is 5.11 Å². The Morgan fingerprint density at radius 1 is 1.43 bits per heavy atom. The third kappa shape index (κ3) is 1.93. The van der Waals surface area contributed by atoms with Gasteiger partial charge in [-0.05, 0) is 18.1 Å². The normalized spacial score (nSPS) is 11.1. The van der Waals surface area contributed by atoms with Crippen LogP contribution in [-0.2, 0) is 9.53 Å². The summed E-state index contributed by atoms with van der Waals surface area (Å²) in [6, 6.07) is 7.29. The molecule has 0 unspecified atom stereocenters. The van der Waals surface area contributed by atoms with E-state index in [1.165, 1.54) is 7.11 Å². The van der Waals surface area contributed by atoms with Crippen LogP contribution in [0.15, 0.2) is 30.5 Å². The highest BCUT2D eigenvalue weighted by atomic mass is 16.5. The molecule has 0 aliphatic carbocycles. The molecule has 0 saturated carbocycles. The summed E-state index contributed by atoms with van der Waals surface area (Å²) in [4.78, 5) is 11.2. The Balaban J connectivity index is 3.15. The molecule has 0 aromatic heterocycles. The molecule has 0 aliphatic heterocycles. The Hall–Kier alpha value is -1.77. The summed E-state index contributed by atoms with van der Waals surface area (Å²) in [5.74, 6) is -0.540. The molecule has 14 heavy (non-hydrogen) atoms. The first-order valence-electron chi connectivity index (χ1n) is 4.19. The molecule has 1 rings (SSSR count). The summed E-state index contributed by atoms with van der Waals surface area (Å²) < 4.78 is 4.55. The Morgan fingerprint density at radius 2 is 2.07 bits per heavy atom. The number of ether oxygens (including phenoxy) is 1. The van der Waals surface area contributed by atoms with Crippen LogP contribution in [0.3, 0.4) is 0 Å². The number of aryl methyl sites for hydroxylation is 1. The van der Waals surface area contributed by atoms with Gasteiger partial charge in [-0.2, -0.15) is 0 Å². The lowest BCUT2D eigenvalue weighted by Crippen LogP contribution is -2.05. The highest BCUT2D eigenvalue weighted by Gasteiger charge is 2.13. The quantitative estimate of drug-likeness (QED) is 0.443. The Kier molecular flexibility index (Phi) is 3.29. The van der Waals surface area contributed by atoms with E-state index in [1.54, 1.807) is 12.1 Å². The summed E-state index contributed by atoms with van der Waals surface area (Å²) in [5.41, 5.74) is 1.77. The zero-order valence-corrected chi connectivity index (χ0v) is 8.15. The summed E-state index contributed by atoms with van der Waals surface area (Å²) in [5, 5.41) is 8.94. The lowest BCUT2D eigenvalue weighted by atomic mass is 10.0. The van der Waals surface area contributed by atoms with Gasteiger partial charge in [0.15, 0.2) is 0 Å². The van der Waals surface area contributed by atoms with Gasteiger partial charge in [-0.1, -0.05) is 24.3 Å². The molecule has 0 amide bonds. The Labute approximate surface area is 82.6 Å². The third-order valence-electron chi connectivity index (χ3n) is 1.97. The molecule has 0 atom stereocenters. The fourth-order valence-electron chi connectivity index (χ4n) is 1.22. The molecule has 0 fully saturated rings. The molecular formula is C11H12O3. The van der Waals surface area contributed by atoms with Gasteiger partial charge in [0.25, 0.3) is 0 Å². The van der Waals surface area contributed by atoms with Crippen LogP contribution >= 0.6 is 0 Å². The van der Waals surface area contributed by atoms with E-state index in [9.17, 15) is 4.79 Å². The van der Waals surface area contributed by atoms with Gasteiger partial charge in [-0.3, -0.25) is 0 Å². The maximum Gasteiger partial charge on any atom is 0.341 e. The third-order valence-corrected chi connectivity index (χ3v) is 1.97. The van der Waals surface area contributed by atoms with Crippen molar-refractivity contribution in [2.24, 2.45) is 0 Å². The predicted molar refractivity (Wildman–Crippen MR) is 53.8 cm³/mol. The number of carbonyl (C=O) groups excluding carboxylic acids is 1. The van der Waals surface area contributed by atoms with Gasteiger partial charge in [0.1, 0.15) is 5.57 Å². The molecule has 3 heteroatoms. The van der Waals surface area contributed by atoms with Gasteiger partial charge in [0, 0.05) is 0 Å². The maximum atomic E-state index is 11.2. The second kappa shape index (κ2) is 4.46. The molecule has 3 nitrogen and oxygen atoms in total. The molecule has 1 N–H and O–H groups in total. The smallest absolute Gasteiger partial charge is 0.341 e. The highest BCUT2D eigenvalue weighted by molar-refractivity contribution is 6.16. The topological polar surface area (TPSA) is 46.5 Å². The molecule has 0 radical (unpaired) electrons. The number of methoxy groups -OCH3 is 1. The van der Waals surface area contributed by atoms with Crippen molar-refractivity contribution in [3.8, 4) is 0 Å². The molecule has 74 valence electrons. The Bertz CT molecular complexity index is 367. The second-order valence-electron chi connectivity index (χ2n) is 2.85. The van der Waals surface area contributed by atoms with Crippen LogP contribution in [-0.4, -0.2) is 18.2 Å². The standard InChI is InChI=1S/C11H12O3/c1-8-5-3-4-6-9(8)10(7-12)11(13)14-2/h3-7,12H,1-2H3/b10-7-. The van der Waals surface area contributed by atoms with Gasteiger partial charge < -0.3 is 9.84 Å². The summed E-state index contributed by atoms with van der Waals surface area (Å²) in [7, 11) is 1.28. The van der Waals surface area contributed by atoms with Crippen molar-refractivity contribution in [3.63, 3.8) is 0 Å². The number of aliphatic hydroxyl groups excluding tert-OH is 1. The van der Waals surface area contributed by atoms with E-state index in [1.807, 2.05) is 19.1 Å². The first kappa shape index (κ1) is 10.3. The van der Waals surface area contributed by atoms with Crippen LogP contribution in [0.1, 0.15) is 11.1 Å². The van der Waals surface area contributed by atoms with Crippen molar-refractivity contribution < 1.29 is 14.6 Å².